The van der Waals surface area contributed by atoms with E-state index in [0.29, 0.717) is 35.7 Å². The predicted octanol–water partition coefficient (Wildman–Crippen LogP) is 3.51. The van der Waals surface area contributed by atoms with Crippen molar-refractivity contribution in [2.24, 2.45) is 28.4 Å². The summed E-state index contributed by atoms with van der Waals surface area (Å²) in [6, 6.07) is 3.58. The molecule has 2 aliphatic carbocycles. The van der Waals surface area contributed by atoms with E-state index in [2.05, 4.69) is 10.3 Å². The van der Waals surface area contributed by atoms with Crippen molar-refractivity contribution >= 4 is 24.3 Å². The lowest BCUT2D eigenvalue weighted by atomic mass is 9.80. The Labute approximate surface area is 178 Å². The molecular weight excluding hydrogens is 419 g/mol. The highest BCUT2D eigenvalue weighted by molar-refractivity contribution is 6.31. The Kier molecular flexibility index (Phi) is 6.45. The minimum Gasteiger partial charge on any atom is -0.319 e. The highest BCUT2D eigenvalue weighted by Gasteiger charge is 2.49. The normalized spacial score (nSPS) is 20.0. The summed E-state index contributed by atoms with van der Waals surface area (Å²) in [5.41, 5.74) is 6.39. The van der Waals surface area contributed by atoms with E-state index >= 15 is 0 Å². The first kappa shape index (κ1) is 22.6. The number of rotatable bonds is 9. The summed E-state index contributed by atoms with van der Waals surface area (Å²) in [6.45, 7) is 0. The number of carbonyl (C=O) groups is 1. The summed E-state index contributed by atoms with van der Waals surface area (Å²) >= 11 is 5.99. The molecule has 164 valence electrons. The lowest BCUT2D eigenvalue weighted by Gasteiger charge is -2.38. The van der Waals surface area contributed by atoms with Crippen LogP contribution in [-0.4, -0.2) is 24.8 Å². The third kappa shape index (κ3) is 4.79. The number of amides is 1. The molecule has 0 spiro atoms. The largest absolute Gasteiger partial charge is 0.417 e. The summed E-state index contributed by atoms with van der Waals surface area (Å²) in [4.78, 5) is 15.0. The number of aliphatic imine (C=N–C) groups is 1. The smallest absolute Gasteiger partial charge is 0.319 e. The lowest BCUT2D eigenvalue weighted by molar-refractivity contribution is -0.137. The van der Waals surface area contributed by atoms with Crippen LogP contribution in [0.5, 0.6) is 0 Å². The Balaban J connectivity index is 2.14. The molecule has 1 aromatic rings. The van der Waals surface area contributed by atoms with Crippen LogP contribution in [0.4, 0.5) is 13.2 Å². The van der Waals surface area contributed by atoms with Gasteiger partial charge in [0.2, 0.25) is 6.41 Å². The second-order valence-electron chi connectivity index (χ2n) is 7.93. The molecule has 2 aliphatic rings. The van der Waals surface area contributed by atoms with Gasteiger partial charge in [0, 0.05) is 7.05 Å². The van der Waals surface area contributed by atoms with Gasteiger partial charge in [0.25, 0.3) is 0 Å². The number of halogens is 4. The standard InChI is InChI=1S/C20H25ClF3N5O/c1-29(26)18(17(8-12-2-3-12)28-10-27-11-30)19(25,13-4-5-13)14-6-7-15(16(21)9-14)20(22,23)24/h6-7,9-13H,2-5,8,25-26H2,1H3,(H,27,28,30)/b18-17+. The van der Waals surface area contributed by atoms with Crippen molar-refractivity contribution in [3.05, 3.63) is 45.7 Å². The van der Waals surface area contributed by atoms with E-state index in [1.165, 1.54) is 23.5 Å². The average Bonchev–Trinajstić information content (AvgIpc) is 3.53. The molecule has 0 aromatic heterocycles. The minimum atomic E-state index is -4.56. The topological polar surface area (TPSA) is 96.7 Å². The fourth-order valence-electron chi connectivity index (χ4n) is 3.79. The van der Waals surface area contributed by atoms with E-state index in [0.717, 1.165) is 31.7 Å². The molecule has 0 radical (unpaired) electrons. The van der Waals surface area contributed by atoms with Crippen LogP contribution in [-0.2, 0) is 16.5 Å². The second kappa shape index (κ2) is 8.56. The van der Waals surface area contributed by atoms with Crippen LogP contribution >= 0.6 is 11.6 Å². The van der Waals surface area contributed by atoms with Crippen molar-refractivity contribution in [2.45, 2.75) is 43.8 Å². The van der Waals surface area contributed by atoms with Gasteiger partial charge in [-0.3, -0.25) is 4.79 Å². The third-order valence-electron chi connectivity index (χ3n) is 5.53. The van der Waals surface area contributed by atoms with Gasteiger partial charge in [-0.25, -0.2) is 10.8 Å². The van der Waals surface area contributed by atoms with Crippen molar-refractivity contribution in [2.75, 3.05) is 7.05 Å². The van der Waals surface area contributed by atoms with Gasteiger partial charge < -0.3 is 16.1 Å². The highest BCUT2D eigenvalue weighted by Crippen LogP contribution is 2.51. The fraction of sp³-hybridized carbons (Fsp3) is 0.500. The van der Waals surface area contributed by atoms with Gasteiger partial charge in [-0.1, -0.05) is 17.7 Å². The average molecular weight is 444 g/mol. The lowest BCUT2D eigenvalue weighted by Crippen LogP contribution is -2.49. The number of hydrazine groups is 1. The number of nitrogens with one attached hydrogen (secondary N) is 1. The van der Waals surface area contributed by atoms with Gasteiger partial charge in [-0.15, -0.1) is 0 Å². The Hall–Kier alpha value is -2.10. The molecule has 1 amide bonds. The first-order valence-corrected chi connectivity index (χ1v) is 10.1. The van der Waals surface area contributed by atoms with Gasteiger partial charge >= 0.3 is 6.18 Å². The monoisotopic (exact) mass is 443 g/mol. The summed E-state index contributed by atoms with van der Waals surface area (Å²) in [7, 11) is 1.63. The van der Waals surface area contributed by atoms with Crippen LogP contribution in [0, 0.1) is 11.8 Å². The van der Waals surface area contributed by atoms with Crippen molar-refractivity contribution in [3.8, 4) is 0 Å². The van der Waals surface area contributed by atoms with Crippen molar-refractivity contribution in [1.29, 1.82) is 0 Å². The van der Waals surface area contributed by atoms with Crippen LogP contribution in [0.3, 0.4) is 0 Å². The van der Waals surface area contributed by atoms with Crippen LogP contribution in [0.15, 0.2) is 34.6 Å². The number of alkyl halides is 3. The number of hydrogen-bond donors (Lipinski definition) is 3. The van der Waals surface area contributed by atoms with E-state index in [9.17, 15) is 18.0 Å². The Morgan fingerprint density at radius 2 is 2.00 bits per heavy atom. The Morgan fingerprint density at radius 1 is 1.33 bits per heavy atom. The fourth-order valence-corrected chi connectivity index (χ4v) is 4.08. The summed E-state index contributed by atoms with van der Waals surface area (Å²) < 4.78 is 39.5. The summed E-state index contributed by atoms with van der Waals surface area (Å²) in [6.07, 6.45) is 1.52. The second-order valence-corrected chi connectivity index (χ2v) is 8.34. The van der Waals surface area contributed by atoms with Crippen molar-refractivity contribution < 1.29 is 18.0 Å². The molecule has 0 heterocycles. The SMILES string of the molecule is CN(N)/C(=C(\CC1CC1)N=CNC=O)C(N)(c1ccc(C(F)(F)F)c(Cl)c1)C1CC1. The number of allylic oxidation sites excluding steroid dienone is 1. The maximum absolute atomic E-state index is 13.2. The van der Waals surface area contributed by atoms with Gasteiger partial charge in [0.15, 0.2) is 0 Å². The zero-order valence-electron chi connectivity index (χ0n) is 16.5. The molecule has 1 aromatic carbocycles. The molecule has 2 fully saturated rings. The van der Waals surface area contributed by atoms with E-state index in [1.54, 1.807) is 7.05 Å². The number of nitrogens with two attached hydrogens (primary N) is 2. The van der Waals surface area contributed by atoms with E-state index in [4.69, 9.17) is 23.2 Å². The molecule has 0 saturated heterocycles. The highest BCUT2D eigenvalue weighted by atomic mass is 35.5. The molecule has 2 saturated carbocycles. The minimum absolute atomic E-state index is 0.0188. The molecule has 1 unspecified atom stereocenters. The van der Waals surface area contributed by atoms with Gasteiger partial charge in [-0.2, -0.15) is 13.2 Å². The quantitative estimate of drug-likeness (QED) is 0.179. The Bertz CT molecular complexity index is 862. The predicted molar refractivity (Wildman–Crippen MR) is 109 cm³/mol. The molecule has 0 bridgehead atoms. The maximum Gasteiger partial charge on any atom is 0.417 e. The maximum atomic E-state index is 13.2. The Morgan fingerprint density at radius 3 is 2.47 bits per heavy atom. The number of hydrogen-bond acceptors (Lipinski definition) is 5. The number of likely N-dealkylation sites (N-methyl/N-ethyl adjacent to an activating group) is 1. The zero-order valence-corrected chi connectivity index (χ0v) is 17.3. The molecule has 10 heteroatoms. The number of benzene rings is 1. The van der Waals surface area contributed by atoms with Crippen LogP contribution < -0.4 is 16.9 Å². The van der Waals surface area contributed by atoms with E-state index in [1.807, 2.05) is 0 Å². The van der Waals surface area contributed by atoms with Gasteiger partial charge in [0.05, 0.1) is 33.9 Å². The first-order valence-electron chi connectivity index (χ1n) is 9.69. The van der Waals surface area contributed by atoms with Gasteiger partial charge in [-0.05, 0) is 61.6 Å². The summed E-state index contributed by atoms with van der Waals surface area (Å²) in [5.74, 6) is 6.60. The van der Waals surface area contributed by atoms with E-state index < -0.39 is 22.3 Å². The molecule has 0 aliphatic heterocycles. The molecule has 6 nitrogen and oxygen atoms in total. The van der Waals surface area contributed by atoms with Crippen LogP contribution in [0.2, 0.25) is 5.02 Å². The number of nitrogens with zero attached hydrogens (tertiary/aromatic N) is 2. The van der Waals surface area contributed by atoms with E-state index in [-0.39, 0.29) is 5.92 Å². The first-order chi connectivity index (χ1) is 14.1. The third-order valence-corrected chi connectivity index (χ3v) is 5.85. The molecule has 1 atom stereocenters. The number of carbonyl (C=O) groups excluding carboxylic acids is 1. The van der Waals surface area contributed by atoms with Crippen LogP contribution in [0.1, 0.15) is 43.2 Å². The zero-order chi connectivity index (χ0) is 22.1. The molecule has 30 heavy (non-hydrogen) atoms. The van der Waals surface area contributed by atoms with Crippen molar-refractivity contribution in [3.63, 3.8) is 0 Å². The van der Waals surface area contributed by atoms with Gasteiger partial charge in [0.1, 0.15) is 0 Å². The van der Waals surface area contributed by atoms with Crippen molar-refractivity contribution in [1.82, 2.24) is 10.3 Å². The molecular formula is C20H25ClF3N5O. The van der Waals surface area contributed by atoms with Crippen LogP contribution in [0.25, 0.3) is 0 Å². The molecule has 3 rings (SSSR count). The summed E-state index contributed by atoms with van der Waals surface area (Å²) in [5, 5.41) is 3.35. The molecule has 5 N–H and O–H groups in total.